The highest BCUT2D eigenvalue weighted by molar-refractivity contribution is 5.52. The third kappa shape index (κ3) is 4.75. The Morgan fingerprint density at radius 1 is 0.938 bits per heavy atom. The molecule has 6 rings (SSSR count). The number of hydrogen-bond acceptors (Lipinski definition) is 7. The third-order valence-corrected chi connectivity index (χ3v) is 7.64. The summed E-state index contributed by atoms with van der Waals surface area (Å²) in [7, 11) is 0. The second-order valence-corrected chi connectivity index (χ2v) is 10.3. The summed E-state index contributed by atoms with van der Waals surface area (Å²) in [5, 5.41) is 15.6. The predicted molar refractivity (Wildman–Crippen MR) is 125 cm³/mol. The Morgan fingerprint density at radius 3 is 2.62 bits per heavy atom. The average Bonchev–Trinajstić information content (AvgIpc) is 3.73. The van der Waals surface area contributed by atoms with E-state index in [1.807, 2.05) is 6.33 Å². The van der Waals surface area contributed by atoms with Crippen LogP contribution in [0.3, 0.4) is 0 Å². The van der Waals surface area contributed by atoms with Gasteiger partial charge in [-0.25, -0.2) is 4.98 Å². The first kappa shape index (κ1) is 20.4. The van der Waals surface area contributed by atoms with Gasteiger partial charge < -0.3 is 20.1 Å². The maximum Gasteiger partial charge on any atom is 0.224 e. The standard InChI is InChI=1S/C24H36N8/c1-2-20-21(3-1)28-24(25-10-13-32-16-27-30-23(32)19-6-7-19)29-22(20)26-14-17-8-11-31(12-9-17)15-18-4-5-18/h16-19H,1-15H2,(H2,25,26,28,29). The van der Waals surface area contributed by atoms with E-state index in [-0.39, 0.29) is 0 Å². The first-order valence-electron chi connectivity index (χ1n) is 12.8. The fourth-order valence-electron chi connectivity index (χ4n) is 5.32. The van der Waals surface area contributed by atoms with Crippen LogP contribution in [0.25, 0.3) is 0 Å². The normalized spacial score (nSPS) is 21.6. The summed E-state index contributed by atoms with van der Waals surface area (Å²) in [6, 6.07) is 0. The van der Waals surface area contributed by atoms with E-state index in [2.05, 4.69) is 30.3 Å². The van der Waals surface area contributed by atoms with Crippen LogP contribution in [0.1, 0.15) is 67.9 Å². The zero-order valence-electron chi connectivity index (χ0n) is 19.1. The molecule has 2 N–H and O–H groups in total. The fraction of sp³-hybridized carbons (Fsp3) is 0.750. The van der Waals surface area contributed by atoms with E-state index in [1.54, 1.807) is 0 Å². The summed E-state index contributed by atoms with van der Waals surface area (Å²) < 4.78 is 2.17. The molecule has 1 aliphatic heterocycles. The topological polar surface area (TPSA) is 83.8 Å². The van der Waals surface area contributed by atoms with Gasteiger partial charge in [0.25, 0.3) is 0 Å². The van der Waals surface area contributed by atoms with Crippen molar-refractivity contribution in [2.75, 3.05) is 43.4 Å². The minimum absolute atomic E-state index is 0.616. The zero-order valence-corrected chi connectivity index (χ0v) is 19.1. The van der Waals surface area contributed by atoms with Crippen molar-refractivity contribution in [3.05, 3.63) is 23.4 Å². The highest BCUT2D eigenvalue weighted by Crippen LogP contribution is 2.38. The zero-order chi connectivity index (χ0) is 21.3. The molecule has 3 heterocycles. The summed E-state index contributed by atoms with van der Waals surface area (Å²) in [5.74, 6) is 5.33. The molecule has 3 fully saturated rings. The van der Waals surface area contributed by atoms with Crippen LogP contribution in [-0.4, -0.2) is 62.4 Å². The Balaban J connectivity index is 1.04. The number of likely N-dealkylation sites (tertiary alicyclic amines) is 1. The molecule has 0 spiro atoms. The van der Waals surface area contributed by atoms with Crippen molar-refractivity contribution in [2.45, 2.75) is 70.3 Å². The molecule has 8 heteroatoms. The van der Waals surface area contributed by atoms with Crippen molar-refractivity contribution in [3.63, 3.8) is 0 Å². The van der Waals surface area contributed by atoms with Gasteiger partial charge in [-0.15, -0.1) is 10.2 Å². The maximum absolute atomic E-state index is 4.90. The summed E-state index contributed by atoms with van der Waals surface area (Å²) in [6.07, 6.45) is 13.2. The maximum atomic E-state index is 4.90. The highest BCUT2D eigenvalue weighted by atomic mass is 15.3. The number of aryl methyl sites for hydroxylation is 1. The smallest absolute Gasteiger partial charge is 0.224 e. The average molecular weight is 437 g/mol. The Labute approximate surface area is 190 Å². The van der Waals surface area contributed by atoms with Crippen molar-refractivity contribution in [3.8, 4) is 0 Å². The Hall–Kier alpha value is -2.22. The molecule has 0 bridgehead atoms. The van der Waals surface area contributed by atoms with E-state index < -0.39 is 0 Å². The molecule has 4 aliphatic rings. The van der Waals surface area contributed by atoms with Crippen molar-refractivity contribution in [1.82, 2.24) is 29.6 Å². The molecule has 0 unspecified atom stereocenters. The lowest BCUT2D eigenvalue weighted by Gasteiger charge is -2.32. The van der Waals surface area contributed by atoms with Gasteiger partial charge in [0.1, 0.15) is 18.0 Å². The Kier molecular flexibility index (Phi) is 5.71. The molecule has 0 atom stereocenters. The van der Waals surface area contributed by atoms with Gasteiger partial charge in [0.2, 0.25) is 5.95 Å². The van der Waals surface area contributed by atoms with Crippen LogP contribution >= 0.6 is 0 Å². The molecular formula is C24H36N8. The molecule has 32 heavy (non-hydrogen) atoms. The summed E-state index contributed by atoms with van der Waals surface area (Å²) >= 11 is 0. The van der Waals surface area contributed by atoms with Crippen molar-refractivity contribution in [1.29, 1.82) is 0 Å². The van der Waals surface area contributed by atoms with Gasteiger partial charge in [-0.2, -0.15) is 4.98 Å². The summed E-state index contributed by atoms with van der Waals surface area (Å²) in [5.41, 5.74) is 2.57. The second kappa shape index (κ2) is 8.96. The van der Waals surface area contributed by atoms with Gasteiger partial charge in [0, 0.05) is 37.7 Å². The highest BCUT2D eigenvalue weighted by Gasteiger charge is 2.29. The Morgan fingerprint density at radius 2 is 1.81 bits per heavy atom. The van der Waals surface area contributed by atoms with Crippen molar-refractivity contribution in [2.24, 2.45) is 11.8 Å². The van der Waals surface area contributed by atoms with Gasteiger partial charge in [0.05, 0.1) is 5.69 Å². The van der Waals surface area contributed by atoms with E-state index in [0.29, 0.717) is 5.92 Å². The number of piperidine rings is 1. The summed E-state index contributed by atoms with van der Waals surface area (Å²) in [6.45, 7) is 6.54. The van der Waals surface area contributed by atoms with Crippen LogP contribution < -0.4 is 10.6 Å². The van der Waals surface area contributed by atoms with Crippen LogP contribution in [0, 0.1) is 11.8 Å². The van der Waals surface area contributed by atoms with Crippen molar-refractivity contribution < 1.29 is 0 Å². The Bertz CT molecular complexity index is 924. The molecule has 2 aromatic rings. The monoisotopic (exact) mass is 436 g/mol. The van der Waals surface area contributed by atoms with Crippen LogP contribution in [0.15, 0.2) is 6.33 Å². The molecule has 0 radical (unpaired) electrons. The van der Waals surface area contributed by atoms with E-state index in [0.717, 1.165) is 61.9 Å². The third-order valence-electron chi connectivity index (χ3n) is 7.64. The van der Waals surface area contributed by atoms with Gasteiger partial charge in [-0.1, -0.05) is 0 Å². The molecule has 3 aliphatic carbocycles. The van der Waals surface area contributed by atoms with E-state index in [1.165, 1.54) is 75.8 Å². The van der Waals surface area contributed by atoms with Gasteiger partial charge >= 0.3 is 0 Å². The molecule has 0 amide bonds. The number of nitrogens with one attached hydrogen (secondary N) is 2. The van der Waals surface area contributed by atoms with Gasteiger partial charge in [-0.05, 0) is 82.7 Å². The lowest BCUT2D eigenvalue weighted by atomic mass is 9.96. The van der Waals surface area contributed by atoms with Crippen LogP contribution in [0.2, 0.25) is 0 Å². The van der Waals surface area contributed by atoms with Crippen molar-refractivity contribution >= 4 is 11.8 Å². The lowest BCUT2D eigenvalue weighted by molar-refractivity contribution is 0.183. The number of anilines is 2. The SMILES string of the molecule is c1nnc(C2CC2)n1CCNc1nc2c(c(NCC3CCN(CC4CC4)CC3)n1)CCC2. The molecule has 0 aromatic carbocycles. The van der Waals surface area contributed by atoms with Crippen LogP contribution in [-0.2, 0) is 19.4 Å². The first-order valence-corrected chi connectivity index (χ1v) is 12.8. The van der Waals surface area contributed by atoms with Crippen LogP contribution in [0.4, 0.5) is 11.8 Å². The summed E-state index contributed by atoms with van der Waals surface area (Å²) in [4.78, 5) is 12.4. The van der Waals surface area contributed by atoms with E-state index in [9.17, 15) is 0 Å². The molecule has 2 saturated carbocycles. The molecule has 2 aromatic heterocycles. The minimum atomic E-state index is 0.616. The number of nitrogens with zero attached hydrogens (tertiary/aromatic N) is 6. The van der Waals surface area contributed by atoms with Gasteiger partial charge in [0.15, 0.2) is 0 Å². The van der Waals surface area contributed by atoms with Gasteiger partial charge in [-0.3, -0.25) is 0 Å². The molecule has 172 valence electrons. The predicted octanol–water partition coefficient (Wildman–Crippen LogP) is 3.08. The number of aromatic nitrogens is 5. The lowest BCUT2D eigenvalue weighted by Crippen LogP contribution is -2.37. The van der Waals surface area contributed by atoms with E-state index >= 15 is 0 Å². The largest absolute Gasteiger partial charge is 0.369 e. The fourth-order valence-corrected chi connectivity index (χ4v) is 5.32. The first-order chi connectivity index (χ1) is 15.8. The quantitative estimate of drug-likeness (QED) is 0.592. The van der Waals surface area contributed by atoms with E-state index in [4.69, 9.17) is 9.97 Å². The molecule has 1 saturated heterocycles. The second-order valence-electron chi connectivity index (χ2n) is 10.3. The minimum Gasteiger partial charge on any atom is -0.369 e. The number of fused-ring (bicyclic) bond motifs is 1. The van der Waals surface area contributed by atoms with Crippen LogP contribution in [0.5, 0.6) is 0 Å². The number of hydrogen-bond donors (Lipinski definition) is 2. The number of rotatable bonds is 10. The molecule has 8 nitrogen and oxygen atoms in total. The molecular weight excluding hydrogens is 400 g/mol.